The highest BCUT2D eigenvalue weighted by Crippen LogP contribution is 2.17. The molecule has 0 saturated carbocycles. The van der Waals surface area contributed by atoms with Gasteiger partial charge in [0.2, 0.25) is 0 Å². The molecule has 0 aliphatic carbocycles. The molecule has 0 aromatic rings. The Hall–Kier alpha value is -1.75. The van der Waals surface area contributed by atoms with Gasteiger partial charge in [-0.3, -0.25) is 19.3 Å². The minimum Gasteiger partial charge on any atom is -0.465 e. The van der Waals surface area contributed by atoms with Crippen molar-refractivity contribution < 1.29 is 38.8 Å². The van der Waals surface area contributed by atoms with Crippen LogP contribution in [0.1, 0.15) is 297 Å². The third kappa shape index (κ3) is 49.2. The van der Waals surface area contributed by atoms with Crippen LogP contribution in [0.2, 0.25) is 0 Å². The second kappa shape index (κ2) is 53.1. The molecule has 4 N–H and O–H groups in total. The molecule has 0 spiro atoms. The van der Waals surface area contributed by atoms with Crippen LogP contribution in [0, 0.1) is 0 Å². The van der Waals surface area contributed by atoms with Crippen molar-refractivity contribution in [3.63, 3.8) is 0 Å². The first-order valence-electron chi connectivity index (χ1n) is 29.5. The Balaban J connectivity index is 4.19. The van der Waals surface area contributed by atoms with Gasteiger partial charge in [0.1, 0.15) is 31.5 Å². The molecule has 404 valence electrons. The van der Waals surface area contributed by atoms with Crippen molar-refractivity contribution in [3.8, 4) is 0 Å². The van der Waals surface area contributed by atoms with E-state index in [9.17, 15) is 24.6 Å². The van der Waals surface area contributed by atoms with E-state index in [2.05, 4.69) is 13.8 Å². The molecule has 0 bridgehead atoms. The number of aliphatic hydroxyl groups is 2. The van der Waals surface area contributed by atoms with Gasteiger partial charge in [0.05, 0.1) is 6.61 Å². The van der Waals surface area contributed by atoms with Gasteiger partial charge < -0.3 is 30.2 Å². The zero-order chi connectivity index (χ0) is 49.8. The maximum absolute atomic E-state index is 12.5. The molecule has 68 heavy (non-hydrogen) atoms. The maximum atomic E-state index is 12.5. The topological polar surface area (TPSA) is 149 Å². The highest BCUT2D eigenvalue weighted by Gasteiger charge is 2.20. The first-order chi connectivity index (χ1) is 33.2. The molecule has 0 radical (unpaired) electrons. The van der Waals surface area contributed by atoms with E-state index >= 15 is 0 Å². The first kappa shape index (κ1) is 66.2. The van der Waals surface area contributed by atoms with Gasteiger partial charge in [-0.25, -0.2) is 0 Å². The number of aliphatic hydroxyl groups excluding tert-OH is 2. The van der Waals surface area contributed by atoms with Crippen molar-refractivity contribution in [3.05, 3.63) is 0 Å². The first-order valence-corrected chi connectivity index (χ1v) is 29.5. The molecular weight excluding hydrogens is 853 g/mol. The molecule has 0 rings (SSSR count). The fourth-order valence-corrected chi connectivity index (χ4v) is 9.24. The third-order valence-corrected chi connectivity index (χ3v) is 13.6. The summed E-state index contributed by atoms with van der Waals surface area (Å²) in [6.45, 7) is 7.23. The van der Waals surface area contributed by atoms with Crippen molar-refractivity contribution in [2.45, 2.75) is 315 Å². The predicted octanol–water partition coefficient (Wildman–Crippen LogP) is 14.8. The van der Waals surface area contributed by atoms with Gasteiger partial charge in [0.25, 0.3) is 0 Å². The highest BCUT2D eigenvalue weighted by atomic mass is 16.5. The van der Waals surface area contributed by atoms with Crippen LogP contribution < -0.4 is 5.73 Å². The van der Waals surface area contributed by atoms with Gasteiger partial charge in [0, 0.05) is 25.9 Å². The van der Waals surface area contributed by atoms with E-state index in [1.165, 1.54) is 205 Å². The lowest BCUT2D eigenvalue weighted by molar-refractivity contribution is -0.148. The largest absolute Gasteiger partial charge is 0.465 e. The van der Waals surface area contributed by atoms with Gasteiger partial charge in [-0.2, -0.15) is 0 Å². The molecule has 0 aliphatic heterocycles. The summed E-state index contributed by atoms with van der Waals surface area (Å²) in [5.74, 6) is -1.01. The fourth-order valence-electron chi connectivity index (χ4n) is 9.24. The Morgan fingerprint density at radius 3 is 0.956 bits per heavy atom. The number of nitrogens with two attached hydrogens (primary N) is 1. The SMILES string of the molecule is CCCCCCCCCCCCCCCCCCCCCC(=O)OCC(O)CN(CCCCC(N)C(=O)OCC)CC(O)COC(=O)CCCCCCCCCCCCCCCCCCCCC. The highest BCUT2D eigenvalue weighted by molar-refractivity contribution is 5.75. The lowest BCUT2D eigenvalue weighted by atomic mass is 10.0. The van der Waals surface area contributed by atoms with Crippen LogP contribution in [0.3, 0.4) is 0 Å². The van der Waals surface area contributed by atoms with Gasteiger partial charge in [-0.1, -0.05) is 251 Å². The van der Waals surface area contributed by atoms with Crippen LogP contribution >= 0.6 is 0 Å². The Labute approximate surface area is 420 Å². The number of carbonyl (C=O) groups is 3. The molecule has 0 heterocycles. The molecule has 0 fully saturated rings. The number of rotatable bonds is 55. The van der Waals surface area contributed by atoms with Gasteiger partial charge >= 0.3 is 17.9 Å². The van der Waals surface area contributed by atoms with E-state index in [0.29, 0.717) is 38.6 Å². The van der Waals surface area contributed by atoms with Crippen molar-refractivity contribution in [1.29, 1.82) is 0 Å². The quantitative estimate of drug-likeness (QED) is 0.0306. The molecule has 0 aromatic carbocycles. The Bertz CT molecular complexity index is 1010. The monoisotopic (exact) mass is 967 g/mol. The molecule has 10 heteroatoms. The number of hydrogen-bond donors (Lipinski definition) is 3. The van der Waals surface area contributed by atoms with Crippen LogP contribution in [-0.2, 0) is 28.6 Å². The fraction of sp³-hybridized carbons (Fsp3) is 0.948. The van der Waals surface area contributed by atoms with Crippen LogP contribution in [0.5, 0.6) is 0 Å². The summed E-state index contributed by atoms with van der Waals surface area (Å²) in [6, 6.07) is -0.693. The van der Waals surface area contributed by atoms with E-state index in [4.69, 9.17) is 19.9 Å². The summed E-state index contributed by atoms with van der Waals surface area (Å²) in [6.07, 6.45) is 50.2. The minimum atomic E-state index is -0.935. The van der Waals surface area contributed by atoms with Gasteiger partial charge in [0.15, 0.2) is 0 Å². The molecular formula is C58H114N2O8. The summed E-state index contributed by atoms with van der Waals surface area (Å²) < 4.78 is 15.9. The van der Waals surface area contributed by atoms with E-state index in [-0.39, 0.29) is 44.8 Å². The maximum Gasteiger partial charge on any atom is 0.322 e. The van der Waals surface area contributed by atoms with E-state index in [1.54, 1.807) is 6.92 Å². The lowest BCUT2D eigenvalue weighted by Gasteiger charge is -2.27. The van der Waals surface area contributed by atoms with Crippen molar-refractivity contribution >= 4 is 17.9 Å². The van der Waals surface area contributed by atoms with Crippen LogP contribution in [-0.4, -0.2) is 90.7 Å². The Morgan fingerprint density at radius 1 is 0.397 bits per heavy atom. The van der Waals surface area contributed by atoms with E-state index in [0.717, 1.165) is 38.5 Å². The second-order valence-electron chi connectivity index (χ2n) is 20.5. The molecule has 0 amide bonds. The number of esters is 3. The number of ether oxygens (including phenoxy) is 3. The van der Waals surface area contributed by atoms with E-state index in [1.807, 2.05) is 4.90 Å². The summed E-state index contributed by atoms with van der Waals surface area (Å²) in [7, 11) is 0. The van der Waals surface area contributed by atoms with Gasteiger partial charge in [-0.05, 0) is 39.2 Å². The standard InChI is InChI=1S/C58H114N2O8/c1-4-7-9-11-13-15-17-19-21-23-25-27-29-31-33-35-37-39-41-46-56(63)67-51-53(61)49-60(48-44-43-45-55(59)58(65)66-6-3)50-54(62)52-68-57(64)47-42-40-38-36-34-32-30-28-26-24-22-20-18-16-14-12-10-8-5-2/h53-55,61-62H,4-52,59H2,1-3H3. The lowest BCUT2D eigenvalue weighted by Crippen LogP contribution is -2.42. The van der Waals surface area contributed by atoms with Crippen LogP contribution in [0.15, 0.2) is 0 Å². The minimum absolute atomic E-state index is 0.118. The van der Waals surface area contributed by atoms with Crippen molar-refractivity contribution in [2.24, 2.45) is 5.73 Å². The second-order valence-corrected chi connectivity index (χ2v) is 20.5. The Morgan fingerprint density at radius 2 is 0.676 bits per heavy atom. The molecule has 0 saturated heterocycles. The van der Waals surface area contributed by atoms with Crippen LogP contribution in [0.25, 0.3) is 0 Å². The normalized spacial score (nSPS) is 12.9. The van der Waals surface area contributed by atoms with Crippen molar-refractivity contribution in [2.75, 3.05) is 39.5 Å². The summed E-state index contributed by atoms with van der Waals surface area (Å²) in [5, 5.41) is 21.7. The smallest absolute Gasteiger partial charge is 0.322 e. The molecule has 10 nitrogen and oxygen atoms in total. The Kier molecular flexibility index (Phi) is 51.7. The zero-order valence-corrected chi connectivity index (χ0v) is 45.2. The summed E-state index contributed by atoms with van der Waals surface area (Å²) >= 11 is 0. The van der Waals surface area contributed by atoms with Crippen molar-refractivity contribution in [1.82, 2.24) is 4.90 Å². The summed E-state index contributed by atoms with van der Waals surface area (Å²) in [5.41, 5.74) is 5.98. The average Bonchev–Trinajstić information content (AvgIpc) is 3.32. The molecule has 3 unspecified atom stereocenters. The number of nitrogens with zero attached hydrogens (tertiary/aromatic N) is 1. The number of carbonyl (C=O) groups excluding carboxylic acids is 3. The number of unbranched alkanes of at least 4 members (excludes halogenated alkanes) is 37. The predicted molar refractivity (Wildman–Crippen MR) is 285 cm³/mol. The number of hydrogen-bond acceptors (Lipinski definition) is 10. The molecule has 0 aliphatic rings. The summed E-state index contributed by atoms with van der Waals surface area (Å²) in [4.78, 5) is 38.8. The average molecular weight is 968 g/mol. The molecule has 0 aromatic heterocycles. The van der Waals surface area contributed by atoms with E-state index < -0.39 is 24.2 Å². The zero-order valence-electron chi connectivity index (χ0n) is 45.2. The third-order valence-electron chi connectivity index (χ3n) is 13.6. The van der Waals surface area contributed by atoms with Gasteiger partial charge in [-0.15, -0.1) is 0 Å². The van der Waals surface area contributed by atoms with Crippen LogP contribution in [0.4, 0.5) is 0 Å². The molecule has 3 atom stereocenters.